The number of aromatic nitrogens is 1. The van der Waals surface area contributed by atoms with Crippen LogP contribution in [-0.4, -0.2) is 18.6 Å². The van der Waals surface area contributed by atoms with Crippen molar-refractivity contribution in [2.45, 2.75) is 31.1 Å². The van der Waals surface area contributed by atoms with Crippen LogP contribution >= 0.6 is 0 Å². The van der Waals surface area contributed by atoms with E-state index in [0.29, 0.717) is 0 Å². The Morgan fingerprint density at radius 3 is 2.72 bits per heavy atom. The van der Waals surface area contributed by atoms with Gasteiger partial charge in [0.25, 0.3) is 0 Å². The second kappa shape index (κ2) is 4.32. The molecular formula is C15H20N2O. The molecule has 0 amide bonds. The van der Waals surface area contributed by atoms with Crippen molar-refractivity contribution in [3.05, 3.63) is 30.0 Å². The topological polar surface area (TPSA) is 51.0 Å². The first-order chi connectivity index (χ1) is 8.80. The highest BCUT2D eigenvalue weighted by atomic mass is 16.5. The number of nitrogens with one attached hydrogen (secondary N) is 1. The highest BCUT2D eigenvalue weighted by Gasteiger charge is 2.35. The fourth-order valence-electron chi connectivity index (χ4n) is 3.40. The molecule has 2 aromatic rings. The van der Waals surface area contributed by atoms with Crippen LogP contribution in [0.4, 0.5) is 0 Å². The number of fused-ring (bicyclic) bond motifs is 1. The van der Waals surface area contributed by atoms with Crippen LogP contribution in [0.25, 0.3) is 10.9 Å². The molecule has 1 fully saturated rings. The third kappa shape index (κ3) is 1.54. The maximum atomic E-state index is 6.09. The molecule has 1 aliphatic rings. The minimum Gasteiger partial charge on any atom is -0.495 e. The molecule has 0 radical (unpaired) electrons. The van der Waals surface area contributed by atoms with E-state index >= 15 is 0 Å². The summed E-state index contributed by atoms with van der Waals surface area (Å²) >= 11 is 0. The first kappa shape index (κ1) is 11.6. The van der Waals surface area contributed by atoms with Gasteiger partial charge < -0.3 is 15.5 Å². The number of methoxy groups -OCH3 is 1. The Bertz CT molecular complexity index is 553. The molecule has 3 nitrogen and oxygen atoms in total. The molecule has 0 spiro atoms. The molecule has 3 rings (SSSR count). The molecule has 0 unspecified atom stereocenters. The number of benzene rings is 1. The number of rotatable bonds is 3. The third-order valence-corrected chi connectivity index (χ3v) is 4.43. The number of hydrogen-bond acceptors (Lipinski definition) is 2. The van der Waals surface area contributed by atoms with E-state index in [9.17, 15) is 0 Å². The first-order valence-corrected chi connectivity index (χ1v) is 6.65. The maximum absolute atomic E-state index is 6.09. The zero-order valence-electron chi connectivity index (χ0n) is 10.8. The van der Waals surface area contributed by atoms with Gasteiger partial charge in [-0.15, -0.1) is 0 Å². The molecule has 0 bridgehead atoms. The highest BCUT2D eigenvalue weighted by Crippen LogP contribution is 2.44. The van der Waals surface area contributed by atoms with E-state index in [1.807, 2.05) is 6.20 Å². The lowest BCUT2D eigenvalue weighted by atomic mass is 9.77. The zero-order valence-corrected chi connectivity index (χ0v) is 10.8. The van der Waals surface area contributed by atoms with E-state index in [-0.39, 0.29) is 5.41 Å². The summed E-state index contributed by atoms with van der Waals surface area (Å²) in [6, 6.07) is 6.40. The second-order valence-electron chi connectivity index (χ2n) is 5.27. The van der Waals surface area contributed by atoms with Gasteiger partial charge in [0.15, 0.2) is 0 Å². The predicted octanol–water partition coefficient (Wildman–Crippen LogP) is 2.95. The summed E-state index contributed by atoms with van der Waals surface area (Å²) in [5.41, 5.74) is 8.74. The summed E-state index contributed by atoms with van der Waals surface area (Å²) in [6.07, 6.45) is 6.96. The minimum atomic E-state index is 0.173. The maximum Gasteiger partial charge on any atom is 0.142 e. The van der Waals surface area contributed by atoms with Gasteiger partial charge in [0.1, 0.15) is 5.75 Å². The van der Waals surface area contributed by atoms with Crippen LogP contribution < -0.4 is 10.5 Å². The van der Waals surface area contributed by atoms with Crippen LogP contribution in [-0.2, 0) is 5.41 Å². The third-order valence-electron chi connectivity index (χ3n) is 4.43. The van der Waals surface area contributed by atoms with Gasteiger partial charge in [-0.1, -0.05) is 18.9 Å². The van der Waals surface area contributed by atoms with Crippen LogP contribution in [0, 0.1) is 0 Å². The summed E-state index contributed by atoms with van der Waals surface area (Å²) < 4.78 is 5.41. The highest BCUT2D eigenvalue weighted by molar-refractivity contribution is 5.89. The predicted molar refractivity (Wildman–Crippen MR) is 74.1 cm³/mol. The Morgan fingerprint density at radius 1 is 1.28 bits per heavy atom. The number of ether oxygens (including phenoxy) is 1. The second-order valence-corrected chi connectivity index (χ2v) is 5.27. The summed E-state index contributed by atoms with van der Waals surface area (Å²) in [6.45, 7) is 0.736. The Labute approximate surface area is 107 Å². The summed E-state index contributed by atoms with van der Waals surface area (Å²) in [7, 11) is 1.71. The van der Waals surface area contributed by atoms with Crippen molar-refractivity contribution in [1.82, 2.24) is 4.98 Å². The smallest absolute Gasteiger partial charge is 0.142 e. The zero-order chi connectivity index (χ0) is 12.6. The normalized spacial score (nSPS) is 18.3. The summed E-state index contributed by atoms with van der Waals surface area (Å²) in [5, 5.41) is 1.27. The van der Waals surface area contributed by atoms with Crippen LogP contribution in [0.2, 0.25) is 0 Å². The fourth-order valence-corrected chi connectivity index (χ4v) is 3.40. The molecule has 0 saturated heterocycles. The van der Waals surface area contributed by atoms with Gasteiger partial charge in [-0.05, 0) is 30.5 Å². The molecule has 3 N–H and O–H groups in total. The molecule has 0 aliphatic heterocycles. The van der Waals surface area contributed by atoms with Crippen molar-refractivity contribution in [3.63, 3.8) is 0 Å². The lowest BCUT2D eigenvalue weighted by Crippen LogP contribution is -2.32. The van der Waals surface area contributed by atoms with E-state index < -0.39 is 0 Å². The molecule has 3 heteroatoms. The number of aromatic amines is 1. The Hall–Kier alpha value is -1.48. The minimum absolute atomic E-state index is 0.173. The van der Waals surface area contributed by atoms with Gasteiger partial charge in [0.05, 0.1) is 12.6 Å². The standard InChI is InChI=1S/C15H20N2O/c1-18-13-5-4-12(11-6-9-17-14(11)13)15(10-16)7-2-3-8-15/h4-6,9,17H,2-3,7-8,10,16H2,1H3. The van der Waals surface area contributed by atoms with Crippen LogP contribution in [0.3, 0.4) is 0 Å². The molecule has 1 aliphatic carbocycles. The van der Waals surface area contributed by atoms with Crippen LogP contribution in [0.15, 0.2) is 24.4 Å². The number of nitrogens with two attached hydrogens (primary N) is 1. The Balaban J connectivity index is 2.20. The average molecular weight is 244 g/mol. The average Bonchev–Trinajstić information content (AvgIpc) is 3.07. The lowest BCUT2D eigenvalue weighted by Gasteiger charge is -2.29. The van der Waals surface area contributed by atoms with Crippen molar-refractivity contribution in [3.8, 4) is 5.75 Å². The van der Waals surface area contributed by atoms with Crippen molar-refractivity contribution >= 4 is 10.9 Å². The van der Waals surface area contributed by atoms with Crippen molar-refractivity contribution in [2.75, 3.05) is 13.7 Å². The van der Waals surface area contributed by atoms with Gasteiger partial charge >= 0.3 is 0 Å². The summed E-state index contributed by atoms with van der Waals surface area (Å²) in [4.78, 5) is 3.28. The van der Waals surface area contributed by atoms with E-state index in [1.165, 1.54) is 36.6 Å². The molecule has 18 heavy (non-hydrogen) atoms. The van der Waals surface area contributed by atoms with Gasteiger partial charge in [-0.25, -0.2) is 0 Å². The van der Waals surface area contributed by atoms with E-state index in [0.717, 1.165) is 17.8 Å². The Morgan fingerprint density at radius 2 is 2.06 bits per heavy atom. The quantitative estimate of drug-likeness (QED) is 0.872. The molecule has 1 aromatic heterocycles. The van der Waals surface area contributed by atoms with Crippen LogP contribution in [0.5, 0.6) is 5.75 Å². The fraction of sp³-hybridized carbons (Fsp3) is 0.467. The number of H-pyrrole nitrogens is 1. The van der Waals surface area contributed by atoms with Crippen molar-refractivity contribution < 1.29 is 4.74 Å². The van der Waals surface area contributed by atoms with Gasteiger partial charge in [0.2, 0.25) is 0 Å². The van der Waals surface area contributed by atoms with E-state index in [4.69, 9.17) is 10.5 Å². The molecule has 1 heterocycles. The summed E-state index contributed by atoms with van der Waals surface area (Å²) in [5.74, 6) is 0.906. The largest absolute Gasteiger partial charge is 0.495 e. The van der Waals surface area contributed by atoms with E-state index in [2.05, 4.69) is 23.2 Å². The van der Waals surface area contributed by atoms with Gasteiger partial charge in [0, 0.05) is 23.5 Å². The molecule has 96 valence electrons. The number of hydrogen-bond donors (Lipinski definition) is 2. The monoisotopic (exact) mass is 244 g/mol. The van der Waals surface area contributed by atoms with Gasteiger partial charge in [-0.3, -0.25) is 0 Å². The molecule has 1 saturated carbocycles. The van der Waals surface area contributed by atoms with Crippen molar-refractivity contribution in [2.24, 2.45) is 5.73 Å². The molecule has 1 aromatic carbocycles. The first-order valence-electron chi connectivity index (χ1n) is 6.65. The molecular weight excluding hydrogens is 224 g/mol. The Kier molecular flexibility index (Phi) is 2.78. The molecule has 0 atom stereocenters. The van der Waals surface area contributed by atoms with Gasteiger partial charge in [-0.2, -0.15) is 0 Å². The lowest BCUT2D eigenvalue weighted by molar-refractivity contribution is 0.417. The van der Waals surface area contributed by atoms with Crippen molar-refractivity contribution in [1.29, 1.82) is 0 Å². The van der Waals surface area contributed by atoms with Crippen LogP contribution in [0.1, 0.15) is 31.2 Å². The SMILES string of the molecule is COc1ccc(C2(CN)CCCC2)c2cc[nH]c12. The van der Waals surface area contributed by atoms with E-state index in [1.54, 1.807) is 7.11 Å².